The fourth-order valence-corrected chi connectivity index (χ4v) is 2.81. The van der Waals surface area contributed by atoms with Gasteiger partial charge in [0.25, 0.3) is 0 Å². The van der Waals surface area contributed by atoms with E-state index in [0.717, 1.165) is 22.1 Å². The fourth-order valence-electron chi connectivity index (χ4n) is 2.81. The van der Waals surface area contributed by atoms with Crippen LogP contribution in [0.25, 0.3) is 10.8 Å². The summed E-state index contributed by atoms with van der Waals surface area (Å²) in [5, 5.41) is 14.9. The number of rotatable bonds is 7. The normalized spacial score (nSPS) is 12.3. The number of aliphatic hydroxyl groups is 1. The Bertz CT molecular complexity index is 848. The Labute approximate surface area is 147 Å². The summed E-state index contributed by atoms with van der Waals surface area (Å²) >= 11 is 0. The number of hydrogen-bond donors (Lipinski definition) is 2. The Hall–Kier alpha value is -2.43. The van der Waals surface area contributed by atoms with Crippen LogP contribution in [0.3, 0.4) is 0 Å². The Balaban J connectivity index is 1.86. The van der Waals surface area contributed by atoms with Crippen molar-refractivity contribution < 1.29 is 14.2 Å². The molecule has 1 atom stereocenters. The smallest absolute Gasteiger partial charge is 0.129 e. The first-order chi connectivity index (χ1) is 12.1. The summed E-state index contributed by atoms with van der Waals surface area (Å²) in [7, 11) is 0. The highest BCUT2D eigenvalue weighted by Gasteiger charge is 2.10. The minimum absolute atomic E-state index is 0.175. The molecule has 0 aromatic heterocycles. The van der Waals surface area contributed by atoms with E-state index in [1.807, 2.05) is 36.4 Å². The lowest BCUT2D eigenvalue weighted by molar-refractivity contribution is 0.190. The van der Waals surface area contributed by atoms with Crippen molar-refractivity contribution in [3.05, 3.63) is 77.6 Å². The van der Waals surface area contributed by atoms with Crippen molar-refractivity contribution in [1.82, 2.24) is 5.32 Å². The molecule has 0 aliphatic carbocycles. The van der Waals surface area contributed by atoms with Gasteiger partial charge in [-0.1, -0.05) is 48.5 Å². The lowest BCUT2D eigenvalue weighted by atomic mass is 10.0. The first-order valence-electron chi connectivity index (χ1n) is 8.41. The number of halogens is 1. The highest BCUT2D eigenvalue weighted by molar-refractivity contribution is 5.87. The van der Waals surface area contributed by atoms with Crippen LogP contribution in [0.1, 0.15) is 18.1 Å². The molecule has 3 aromatic carbocycles. The van der Waals surface area contributed by atoms with Gasteiger partial charge in [0, 0.05) is 24.2 Å². The molecule has 0 saturated carbocycles. The number of benzene rings is 3. The van der Waals surface area contributed by atoms with E-state index < -0.39 is 6.10 Å². The van der Waals surface area contributed by atoms with Gasteiger partial charge in [0.2, 0.25) is 0 Å². The van der Waals surface area contributed by atoms with Crippen molar-refractivity contribution in [3.8, 4) is 5.75 Å². The number of aliphatic hydroxyl groups excluding tert-OH is 1. The zero-order chi connectivity index (χ0) is 17.6. The molecule has 1 unspecified atom stereocenters. The van der Waals surface area contributed by atoms with Crippen LogP contribution < -0.4 is 10.1 Å². The van der Waals surface area contributed by atoms with Crippen LogP contribution in [-0.4, -0.2) is 17.8 Å². The van der Waals surface area contributed by atoms with Gasteiger partial charge >= 0.3 is 0 Å². The van der Waals surface area contributed by atoms with E-state index in [0.29, 0.717) is 18.7 Å². The van der Waals surface area contributed by atoms with Crippen LogP contribution in [0, 0.1) is 5.82 Å². The minimum atomic E-state index is -0.419. The van der Waals surface area contributed by atoms with Crippen molar-refractivity contribution >= 4 is 10.8 Å². The van der Waals surface area contributed by atoms with Gasteiger partial charge in [-0.25, -0.2) is 4.39 Å². The van der Waals surface area contributed by atoms with E-state index in [1.165, 1.54) is 6.07 Å². The molecule has 3 rings (SSSR count). The Kier molecular flexibility index (Phi) is 5.64. The van der Waals surface area contributed by atoms with Gasteiger partial charge in [-0.15, -0.1) is 0 Å². The zero-order valence-corrected chi connectivity index (χ0v) is 14.2. The molecule has 4 heteroatoms. The van der Waals surface area contributed by atoms with Crippen LogP contribution in [0.4, 0.5) is 4.39 Å². The predicted molar refractivity (Wildman–Crippen MR) is 98.1 cm³/mol. The molecule has 0 saturated heterocycles. The minimum Gasteiger partial charge on any atom is -0.488 e. The second-order valence-corrected chi connectivity index (χ2v) is 6.12. The van der Waals surface area contributed by atoms with Crippen LogP contribution in [0.2, 0.25) is 0 Å². The summed E-state index contributed by atoms with van der Waals surface area (Å²) in [5.74, 6) is 0.456. The summed E-state index contributed by atoms with van der Waals surface area (Å²) in [4.78, 5) is 0. The van der Waals surface area contributed by atoms with Crippen LogP contribution >= 0.6 is 0 Å². The molecule has 3 aromatic rings. The van der Waals surface area contributed by atoms with E-state index in [4.69, 9.17) is 4.74 Å². The second-order valence-electron chi connectivity index (χ2n) is 6.12. The van der Waals surface area contributed by atoms with Gasteiger partial charge in [-0.3, -0.25) is 0 Å². The molecular formula is C21H22FNO2. The average Bonchev–Trinajstić information content (AvgIpc) is 2.61. The Morgan fingerprint density at radius 3 is 2.60 bits per heavy atom. The first kappa shape index (κ1) is 17.4. The van der Waals surface area contributed by atoms with Crippen molar-refractivity contribution in [2.24, 2.45) is 0 Å². The third-order valence-corrected chi connectivity index (χ3v) is 4.08. The second kappa shape index (κ2) is 8.10. The zero-order valence-electron chi connectivity index (χ0n) is 14.2. The van der Waals surface area contributed by atoms with E-state index in [1.54, 1.807) is 25.1 Å². The molecule has 25 heavy (non-hydrogen) atoms. The molecule has 0 aliphatic rings. The molecule has 0 amide bonds. The van der Waals surface area contributed by atoms with E-state index >= 15 is 0 Å². The molecule has 0 radical (unpaired) electrons. The quantitative estimate of drug-likeness (QED) is 0.683. The highest BCUT2D eigenvalue weighted by Crippen LogP contribution is 2.29. The Morgan fingerprint density at radius 2 is 1.80 bits per heavy atom. The van der Waals surface area contributed by atoms with Gasteiger partial charge in [0.05, 0.1) is 6.10 Å². The molecule has 3 nitrogen and oxygen atoms in total. The maximum Gasteiger partial charge on any atom is 0.129 e. The largest absolute Gasteiger partial charge is 0.488 e. The van der Waals surface area contributed by atoms with Gasteiger partial charge in [0.15, 0.2) is 0 Å². The van der Waals surface area contributed by atoms with Crippen molar-refractivity contribution in [1.29, 1.82) is 0 Å². The Morgan fingerprint density at radius 1 is 1.04 bits per heavy atom. The maximum absolute atomic E-state index is 13.8. The summed E-state index contributed by atoms with van der Waals surface area (Å²) in [6, 6.07) is 18.6. The van der Waals surface area contributed by atoms with Gasteiger partial charge < -0.3 is 15.2 Å². The van der Waals surface area contributed by atoms with Gasteiger partial charge in [0.1, 0.15) is 18.2 Å². The average molecular weight is 339 g/mol. The number of ether oxygens (including phenoxy) is 1. The molecule has 130 valence electrons. The SMILES string of the molecule is CC(O)CNCc1c(OCc2ccccc2F)ccc2ccccc12. The molecule has 0 bridgehead atoms. The number of hydrogen-bond acceptors (Lipinski definition) is 3. The van der Waals surface area contributed by atoms with Gasteiger partial charge in [-0.05, 0) is 29.8 Å². The molecule has 0 heterocycles. The first-order valence-corrected chi connectivity index (χ1v) is 8.41. The molecule has 0 fully saturated rings. The molecular weight excluding hydrogens is 317 g/mol. The lowest BCUT2D eigenvalue weighted by Crippen LogP contribution is -2.24. The standard InChI is InChI=1S/C21H22FNO2/c1-15(24)12-23-13-19-18-8-4-2-6-16(18)10-11-21(19)25-14-17-7-3-5-9-20(17)22/h2-11,15,23-24H,12-14H2,1H3. The van der Waals surface area contributed by atoms with Crippen molar-refractivity contribution in [2.45, 2.75) is 26.2 Å². The summed E-state index contributed by atoms with van der Waals surface area (Å²) < 4.78 is 19.7. The third-order valence-electron chi connectivity index (χ3n) is 4.08. The lowest BCUT2D eigenvalue weighted by Gasteiger charge is -2.16. The third kappa shape index (κ3) is 4.35. The number of nitrogens with one attached hydrogen (secondary N) is 1. The topological polar surface area (TPSA) is 41.5 Å². The van der Waals surface area contributed by atoms with Gasteiger partial charge in [-0.2, -0.15) is 0 Å². The van der Waals surface area contributed by atoms with Crippen LogP contribution in [-0.2, 0) is 13.2 Å². The van der Waals surface area contributed by atoms with E-state index in [2.05, 4.69) is 5.32 Å². The molecule has 0 spiro atoms. The van der Waals surface area contributed by atoms with Crippen molar-refractivity contribution in [3.63, 3.8) is 0 Å². The molecule has 2 N–H and O–H groups in total. The monoisotopic (exact) mass is 339 g/mol. The van der Waals surface area contributed by atoms with E-state index in [9.17, 15) is 9.50 Å². The molecule has 0 aliphatic heterocycles. The maximum atomic E-state index is 13.8. The fraction of sp³-hybridized carbons (Fsp3) is 0.238. The number of fused-ring (bicyclic) bond motifs is 1. The van der Waals surface area contributed by atoms with E-state index in [-0.39, 0.29) is 12.4 Å². The summed E-state index contributed by atoms with van der Waals surface area (Å²) in [5.41, 5.74) is 1.54. The van der Waals surface area contributed by atoms with Crippen LogP contribution in [0.15, 0.2) is 60.7 Å². The van der Waals surface area contributed by atoms with Crippen LogP contribution in [0.5, 0.6) is 5.75 Å². The summed E-state index contributed by atoms with van der Waals surface area (Å²) in [6.07, 6.45) is -0.419. The van der Waals surface area contributed by atoms with Crippen molar-refractivity contribution in [2.75, 3.05) is 6.54 Å². The summed E-state index contributed by atoms with van der Waals surface area (Å²) in [6.45, 7) is 2.98. The predicted octanol–water partition coefficient (Wildman–Crippen LogP) is 4.03. The highest BCUT2D eigenvalue weighted by atomic mass is 19.1.